The molecule has 200 valence electrons. The summed E-state index contributed by atoms with van der Waals surface area (Å²) in [4.78, 5) is 8.53. The second kappa shape index (κ2) is 12.1. The number of halogens is 3. The number of benzene rings is 2. The van der Waals surface area contributed by atoms with Gasteiger partial charge in [-0.3, -0.25) is 0 Å². The van der Waals surface area contributed by atoms with Crippen LogP contribution in [0.2, 0.25) is 0 Å². The molecular formula is C29H30F3N3O3. The number of rotatable bonds is 11. The highest BCUT2D eigenvalue weighted by atomic mass is 19.4. The minimum Gasteiger partial charge on any atom is -0.493 e. The van der Waals surface area contributed by atoms with E-state index in [1.165, 1.54) is 12.1 Å². The van der Waals surface area contributed by atoms with Crippen LogP contribution in [0, 0.1) is 13.8 Å². The van der Waals surface area contributed by atoms with Gasteiger partial charge in [0, 0.05) is 31.4 Å². The van der Waals surface area contributed by atoms with Crippen molar-refractivity contribution in [3.63, 3.8) is 0 Å². The predicted octanol–water partition coefficient (Wildman–Crippen LogP) is 6.62. The predicted molar refractivity (Wildman–Crippen MR) is 138 cm³/mol. The molecule has 0 saturated carbocycles. The van der Waals surface area contributed by atoms with Gasteiger partial charge in [0.15, 0.2) is 0 Å². The molecule has 4 aromatic rings. The van der Waals surface area contributed by atoms with Crippen LogP contribution in [0.4, 0.5) is 13.2 Å². The summed E-state index contributed by atoms with van der Waals surface area (Å²) in [5.74, 6) is 2.63. The van der Waals surface area contributed by atoms with Crippen LogP contribution in [0.1, 0.15) is 58.3 Å². The van der Waals surface area contributed by atoms with Crippen LogP contribution in [-0.4, -0.2) is 26.2 Å². The number of aromatic nitrogens is 3. The van der Waals surface area contributed by atoms with Gasteiger partial charge in [0.25, 0.3) is 0 Å². The summed E-state index contributed by atoms with van der Waals surface area (Å²) in [6, 6.07) is 11.0. The van der Waals surface area contributed by atoms with Crippen LogP contribution in [0.5, 0.6) is 5.75 Å². The number of aliphatic hydroxyl groups is 1. The molecule has 0 spiro atoms. The highest BCUT2D eigenvalue weighted by Crippen LogP contribution is 2.29. The average molecular weight is 526 g/mol. The Morgan fingerprint density at radius 2 is 1.84 bits per heavy atom. The summed E-state index contributed by atoms with van der Waals surface area (Å²) >= 11 is 0. The van der Waals surface area contributed by atoms with E-state index in [1.807, 2.05) is 36.7 Å². The van der Waals surface area contributed by atoms with Crippen molar-refractivity contribution in [2.75, 3.05) is 6.61 Å². The number of hydrogen-bond acceptors (Lipinski definition) is 5. The van der Waals surface area contributed by atoms with Crippen LogP contribution < -0.4 is 4.74 Å². The number of ether oxygens (including phenoxy) is 1. The van der Waals surface area contributed by atoms with E-state index in [1.54, 1.807) is 18.3 Å². The minimum atomic E-state index is -4.35. The maximum absolute atomic E-state index is 12.7. The first kappa shape index (κ1) is 27.2. The molecule has 2 aromatic carbocycles. The molecule has 38 heavy (non-hydrogen) atoms. The molecule has 2 heterocycles. The van der Waals surface area contributed by atoms with E-state index in [-0.39, 0.29) is 6.61 Å². The number of imidazole rings is 1. The van der Waals surface area contributed by atoms with E-state index >= 15 is 0 Å². The van der Waals surface area contributed by atoms with Gasteiger partial charge in [0.05, 0.1) is 17.9 Å². The Balaban J connectivity index is 1.29. The second-order valence-electron chi connectivity index (χ2n) is 9.04. The van der Waals surface area contributed by atoms with E-state index in [0.29, 0.717) is 30.3 Å². The Hall–Kier alpha value is -3.85. The number of aliphatic hydroxyl groups excluding tert-OH is 1. The minimum absolute atomic E-state index is 0.0661. The maximum Gasteiger partial charge on any atom is 0.416 e. The fourth-order valence-electron chi connectivity index (χ4n) is 4.07. The Morgan fingerprint density at radius 1 is 1.05 bits per heavy atom. The lowest BCUT2D eigenvalue weighted by molar-refractivity contribution is -0.137. The van der Waals surface area contributed by atoms with Crippen molar-refractivity contribution < 1.29 is 27.4 Å². The molecule has 0 aliphatic heterocycles. The number of unbranched alkanes of at least 4 members (excludes halogenated alkanes) is 1. The molecule has 0 amide bonds. The molecule has 9 heteroatoms. The zero-order valence-electron chi connectivity index (χ0n) is 21.3. The normalized spacial score (nSPS) is 11.9. The van der Waals surface area contributed by atoms with Gasteiger partial charge in [-0.25, -0.2) is 9.97 Å². The van der Waals surface area contributed by atoms with Gasteiger partial charge in [-0.05, 0) is 67.7 Å². The van der Waals surface area contributed by atoms with Gasteiger partial charge in [0.1, 0.15) is 23.9 Å². The van der Waals surface area contributed by atoms with Crippen LogP contribution in [0.15, 0.2) is 59.3 Å². The van der Waals surface area contributed by atoms with Crippen LogP contribution in [-0.2, 0) is 25.7 Å². The molecule has 1 N–H and O–H groups in total. The Labute approximate surface area is 219 Å². The summed E-state index contributed by atoms with van der Waals surface area (Å²) in [5.41, 5.74) is 2.79. The largest absolute Gasteiger partial charge is 0.493 e. The molecule has 2 aromatic heterocycles. The van der Waals surface area contributed by atoms with Crippen LogP contribution in [0.3, 0.4) is 0 Å². The SMILES string of the molecule is Cc1cc(Cc2oc(/C=C/c3ccc(C(F)(F)F)cc3)nc2C)ccc1OCCCCn1ccnc1CO. The number of alkyl halides is 3. The van der Waals surface area contributed by atoms with E-state index in [9.17, 15) is 18.3 Å². The molecule has 0 atom stereocenters. The molecule has 0 aliphatic carbocycles. The highest BCUT2D eigenvalue weighted by Gasteiger charge is 2.29. The van der Waals surface area contributed by atoms with E-state index in [0.717, 1.165) is 59.8 Å². The quantitative estimate of drug-likeness (QED) is 0.223. The molecular weight excluding hydrogens is 495 g/mol. The van der Waals surface area contributed by atoms with Gasteiger partial charge in [-0.1, -0.05) is 24.3 Å². The second-order valence-corrected chi connectivity index (χ2v) is 9.04. The lowest BCUT2D eigenvalue weighted by atomic mass is 10.1. The topological polar surface area (TPSA) is 73.3 Å². The molecule has 0 saturated heterocycles. The first-order valence-corrected chi connectivity index (χ1v) is 12.4. The average Bonchev–Trinajstić information content (AvgIpc) is 3.49. The zero-order chi connectivity index (χ0) is 27.1. The van der Waals surface area contributed by atoms with Crippen LogP contribution >= 0.6 is 0 Å². The number of aryl methyl sites for hydroxylation is 3. The lowest BCUT2D eigenvalue weighted by Gasteiger charge is -2.11. The Bertz CT molecular complexity index is 1370. The van der Waals surface area contributed by atoms with E-state index < -0.39 is 11.7 Å². The fraction of sp³-hybridized carbons (Fsp3) is 0.310. The molecule has 0 unspecified atom stereocenters. The number of hydrogen-bond donors (Lipinski definition) is 1. The third kappa shape index (κ3) is 7.13. The third-order valence-electron chi connectivity index (χ3n) is 6.16. The van der Waals surface area contributed by atoms with E-state index in [4.69, 9.17) is 9.15 Å². The van der Waals surface area contributed by atoms with Crippen LogP contribution in [0.25, 0.3) is 12.2 Å². The summed E-state index contributed by atoms with van der Waals surface area (Å²) in [7, 11) is 0. The van der Waals surface area contributed by atoms with Crippen molar-refractivity contribution in [3.05, 3.63) is 100 Å². The van der Waals surface area contributed by atoms with E-state index in [2.05, 4.69) is 16.0 Å². The maximum atomic E-state index is 12.7. The zero-order valence-corrected chi connectivity index (χ0v) is 21.3. The molecule has 0 aliphatic rings. The molecule has 0 radical (unpaired) electrons. The standard InChI is InChI=1S/C29H30F3N3O3/c1-20-17-23(7-11-25(20)37-16-4-3-14-35-15-13-33-27(35)19-36)18-26-21(2)34-28(38-26)12-8-22-5-9-24(10-6-22)29(30,31)32/h5-13,15,17,36H,3-4,14,16,18-19H2,1-2H3/b12-8+. The molecule has 0 bridgehead atoms. The first-order valence-electron chi connectivity index (χ1n) is 12.4. The summed E-state index contributed by atoms with van der Waals surface area (Å²) in [6.45, 7) is 5.19. The smallest absolute Gasteiger partial charge is 0.416 e. The van der Waals surface area contributed by atoms with Gasteiger partial charge >= 0.3 is 6.18 Å². The lowest BCUT2D eigenvalue weighted by Crippen LogP contribution is -2.05. The molecule has 0 fully saturated rings. The molecule has 4 rings (SSSR count). The van der Waals surface area contributed by atoms with Gasteiger partial charge < -0.3 is 18.8 Å². The van der Waals surface area contributed by atoms with Gasteiger partial charge in [-0.2, -0.15) is 13.2 Å². The highest BCUT2D eigenvalue weighted by molar-refractivity contribution is 5.66. The van der Waals surface area contributed by atoms with Crippen molar-refractivity contribution in [1.82, 2.24) is 14.5 Å². The summed E-state index contributed by atoms with van der Waals surface area (Å²) in [6.07, 6.45) is 4.88. The first-order chi connectivity index (χ1) is 18.2. The van der Waals surface area contributed by atoms with Crippen molar-refractivity contribution >= 4 is 12.2 Å². The van der Waals surface area contributed by atoms with Crippen molar-refractivity contribution in [3.8, 4) is 5.75 Å². The van der Waals surface area contributed by atoms with Crippen molar-refractivity contribution in [2.45, 2.75) is 52.4 Å². The third-order valence-corrected chi connectivity index (χ3v) is 6.16. The fourth-order valence-corrected chi connectivity index (χ4v) is 4.07. The number of oxazole rings is 1. The van der Waals surface area contributed by atoms with Gasteiger partial charge in [-0.15, -0.1) is 0 Å². The summed E-state index contributed by atoms with van der Waals surface area (Å²) < 4.78 is 52.0. The van der Waals surface area contributed by atoms with Crippen molar-refractivity contribution in [2.24, 2.45) is 0 Å². The monoisotopic (exact) mass is 525 g/mol. The summed E-state index contributed by atoms with van der Waals surface area (Å²) in [5, 5.41) is 9.27. The van der Waals surface area contributed by atoms with Gasteiger partial charge in [0.2, 0.25) is 5.89 Å². The number of nitrogens with zero attached hydrogens (tertiary/aromatic N) is 3. The Kier molecular flexibility index (Phi) is 8.68. The Morgan fingerprint density at radius 3 is 2.55 bits per heavy atom. The molecule has 6 nitrogen and oxygen atoms in total. The van der Waals surface area contributed by atoms with Crippen molar-refractivity contribution in [1.29, 1.82) is 0 Å².